The molecule has 47 heavy (non-hydrogen) atoms. The van der Waals surface area contributed by atoms with Gasteiger partial charge in [-0.3, -0.25) is 0 Å². The SMILES string of the molecule is Cn1nnc(N(Cc2cc(C(F)(F)F)cc(C(F)(F)F)c2)Cc2cc(C(F)(F)F)cnc2N2CCC[C@@H]2C2CCC(CCO)CC2)n1. The molecule has 1 aliphatic heterocycles. The Kier molecular flexibility index (Phi) is 9.94. The van der Waals surface area contributed by atoms with E-state index in [9.17, 15) is 44.6 Å². The van der Waals surface area contributed by atoms with Gasteiger partial charge >= 0.3 is 18.5 Å². The highest BCUT2D eigenvalue weighted by Gasteiger charge is 2.39. The number of pyridine rings is 1. The topological polar surface area (TPSA) is 83.2 Å². The van der Waals surface area contributed by atoms with Crippen molar-refractivity contribution >= 4 is 11.8 Å². The van der Waals surface area contributed by atoms with Crippen molar-refractivity contribution in [2.45, 2.75) is 82.6 Å². The van der Waals surface area contributed by atoms with Gasteiger partial charge < -0.3 is 14.9 Å². The van der Waals surface area contributed by atoms with Crippen LogP contribution in [0.2, 0.25) is 0 Å². The molecule has 0 bridgehead atoms. The first kappa shape index (κ1) is 34.7. The smallest absolute Gasteiger partial charge is 0.396 e. The van der Waals surface area contributed by atoms with E-state index in [0.29, 0.717) is 31.0 Å². The molecule has 2 aliphatic rings. The molecular formula is C30H34F9N7O. The molecule has 2 fully saturated rings. The number of alkyl halides is 9. The van der Waals surface area contributed by atoms with Gasteiger partial charge in [0.25, 0.3) is 5.95 Å². The van der Waals surface area contributed by atoms with E-state index in [2.05, 4.69) is 20.4 Å². The van der Waals surface area contributed by atoms with Gasteiger partial charge in [0.05, 0.1) is 23.7 Å². The first-order chi connectivity index (χ1) is 22.0. The number of anilines is 2. The van der Waals surface area contributed by atoms with Gasteiger partial charge in [0, 0.05) is 44.0 Å². The van der Waals surface area contributed by atoms with Crippen molar-refractivity contribution in [3.63, 3.8) is 0 Å². The lowest BCUT2D eigenvalue weighted by Gasteiger charge is -2.38. The summed E-state index contributed by atoms with van der Waals surface area (Å²) in [5, 5.41) is 21.0. The second-order valence-corrected chi connectivity index (χ2v) is 12.2. The van der Waals surface area contributed by atoms with Gasteiger partial charge in [-0.2, -0.15) is 44.3 Å². The van der Waals surface area contributed by atoms with E-state index < -0.39 is 53.9 Å². The predicted octanol–water partition coefficient (Wildman–Crippen LogP) is 7.03. The fourth-order valence-corrected chi connectivity index (χ4v) is 6.76. The monoisotopic (exact) mass is 679 g/mol. The molecule has 1 saturated heterocycles. The Bertz CT molecular complexity index is 1480. The molecule has 5 rings (SSSR count). The summed E-state index contributed by atoms with van der Waals surface area (Å²) in [7, 11) is 1.39. The molecule has 8 nitrogen and oxygen atoms in total. The van der Waals surface area contributed by atoms with Crippen LogP contribution in [0.3, 0.4) is 0 Å². The summed E-state index contributed by atoms with van der Waals surface area (Å²) >= 11 is 0. The van der Waals surface area contributed by atoms with Gasteiger partial charge in [0.2, 0.25) is 0 Å². The van der Waals surface area contributed by atoms with E-state index in [1.165, 1.54) is 11.9 Å². The van der Waals surface area contributed by atoms with Crippen molar-refractivity contribution in [3.05, 3.63) is 58.3 Å². The molecule has 1 N–H and O–H groups in total. The minimum atomic E-state index is -5.09. The number of benzene rings is 1. The zero-order chi connectivity index (χ0) is 34.1. The summed E-state index contributed by atoms with van der Waals surface area (Å²) in [6.07, 6.45) is -8.33. The quantitative estimate of drug-likeness (QED) is 0.244. The van der Waals surface area contributed by atoms with Crippen LogP contribution in [0.1, 0.15) is 72.8 Å². The summed E-state index contributed by atoms with van der Waals surface area (Å²) in [6.45, 7) is -0.397. The second kappa shape index (κ2) is 13.5. The van der Waals surface area contributed by atoms with E-state index in [-0.39, 0.29) is 42.0 Å². The fraction of sp³-hybridized carbons (Fsp3) is 0.600. The maximum absolute atomic E-state index is 13.9. The summed E-state index contributed by atoms with van der Waals surface area (Å²) in [5.41, 5.74) is -4.44. The molecule has 1 aromatic carbocycles. The number of hydrogen-bond acceptors (Lipinski definition) is 7. The van der Waals surface area contributed by atoms with Gasteiger partial charge in [0.15, 0.2) is 0 Å². The number of aryl methyl sites for hydroxylation is 1. The number of tetrazole rings is 1. The molecule has 2 aromatic heterocycles. The molecule has 0 amide bonds. The van der Waals surface area contributed by atoms with Crippen molar-refractivity contribution in [1.82, 2.24) is 25.2 Å². The fourth-order valence-electron chi connectivity index (χ4n) is 6.76. The second-order valence-electron chi connectivity index (χ2n) is 12.2. The maximum atomic E-state index is 13.9. The maximum Gasteiger partial charge on any atom is 0.417 e. The number of aliphatic hydroxyl groups is 1. The van der Waals surface area contributed by atoms with Crippen LogP contribution in [0, 0.1) is 11.8 Å². The largest absolute Gasteiger partial charge is 0.417 e. The highest BCUT2D eigenvalue weighted by molar-refractivity contribution is 5.52. The lowest BCUT2D eigenvalue weighted by molar-refractivity contribution is -0.143. The number of aromatic nitrogens is 5. The van der Waals surface area contributed by atoms with E-state index in [1.807, 2.05) is 4.90 Å². The first-order valence-corrected chi connectivity index (χ1v) is 15.2. The number of nitrogens with zero attached hydrogens (tertiary/aromatic N) is 7. The Hall–Kier alpha value is -3.63. The molecule has 17 heteroatoms. The number of hydrogen-bond donors (Lipinski definition) is 1. The van der Waals surface area contributed by atoms with Gasteiger partial charge in [-0.15, -0.1) is 5.10 Å². The highest BCUT2D eigenvalue weighted by atomic mass is 19.4. The lowest BCUT2D eigenvalue weighted by atomic mass is 9.77. The molecule has 1 atom stereocenters. The van der Waals surface area contributed by atoms with Crippen LogP contribution in [-0.4, -0.2) is 49.5 Å². The van der Waals surface area contributed by atoms with E-state index in [4.69, 9.17) is 0 Å². The summed E-state index contributed by atoms with van der Waals surface area (Å²) in [5.74, 6) is 0.703. The number of halogens is 9. The Balaban J connectivity index is 1.53. The molecular weight excluding hydrogens is 645 g/mol. The highest BCUT2D eigenvalue weighted by Crippen LogP contribution is 2.42. The standard InChI is InChI=1S/C30H34F9N7O/c1-44-42-27(41-43-44)45(16-19-11-22(28(31,32)33)14-23(12-19)29(34,35)36)17-21-13-24(30(37,38)39)15-40-26(21)46-9-2-3-25(46)20-6-4-18(5-7-20)8-10-47/h11-15,18,20,25,47H,2-10,16-17H2,1H3/t18?,20?,25-/m1/s1. The Morgan fingerprint density at radius 3 is 2.02 bits per heavy atom. The Morgan fingerprint density at radius 2 is 1.47 bits per heavy atom. The molecule has 258 valence electrons. The van der Waals surface area contributed by atoms with Gasteiger partial charge in [0.1, 0.15) is 5.82 Å². The van der Waals surface area contributed by atoms with Crippen LogP contribution in [0.25, 0.3) is 0 Å². The average molecular weight is 680 g/mol. The van der Waals surface area contributed by atoms with Crippen LogP contribution < -0.4 is 9.80 Å². The molecule has 0 radical (unpaired) electrons. The lowest BCUT2D eigenvalue weighted by Crippen LogP contribution is -2.39. The molecule has 0 spiro atoms. The normalized spacial score (nSPS) is 21.0. The molecule has 1 aliphatic carbocycles. The average Bonchev–Trinajstić information content (AvgIpc) is 3.65. The van der Waals surface area contributed by atoms with Crippen molar-refractivity contribution in [1.29, 1.82) is 0 Å². The van der Waals surface area contributed by atoms with Gasteiger partial charge in [-0.05, 0) is 79.0 Å². The minimum absolute atomic E-state index is 0.00797. The molecule has 3 heterocycles. The minimum Gasteiger partial charge on any atom is -0.396 e. The molecule has 3 aromatic rings. The molecule has 1 saturated carbocycles. The zero-order valence-electron chi connectivity index (χ0n) is 25.4. The van der Waals surface area contributed by atoms with Gasteiger partial charge in [-0.25, -0.2) is 4.98 Å². The van der Waals surface area contributed by atoms with Gasteiger partial charge in [-0.1, -0.05) is 17.9 Å². The third kappa shape index (κ3) is 8.27. The third-order valence-electron chi connectivity index (χ3n) is 8.98. The van der Waals surface area contributed by atoms with Crippen LogP contribution in [0.4, 0.5) is 51.3 Å². The number of aliphatic hydroxyl groups excluding tert-OH is 1. The van der Waals surface area contributed by atoms with Crippen molar-refractivity contribution < 1.29 is 44.6 Å². The van der Waals surface area contributed by atoms with E-state index >= 15 is 0 Å². The molecule has 0 unspecified atom stereocenters. The first-order valence-electron chi connectivity index (χ1n) is 15.2. The summed E-state index contributed by atoms with van der Waals surface area (Å²) in [4.78, 5) is 8.44. The van der Waals surface area contributed by atoms with Crippen molar-refractivity contribution in [2.24, 2.45) is 18.9 Å². The third-order valence-corrected chi connectivity index (χ3v) is 8.98. The van der Waals surface area contributed by atoms with E-state index in [0.717, 1.165) is 55.6 Å². The number of rotatable bonds is 9. The van der Waals surface area contributed by atoms with E-state index in [1.54, 1.807) is 0 Å². The van der Waals surface area contributed by atoms with Crippen LogP contribution in [0.5, 0.6) is 0 Å². The zero-order valence-corrected chi connectivity index (χ0v) is 25.4. The summed E-state index contributed by atoms with van der Waals surface area (Å²) < 4.78 is 124. The predicted molar refractivity (Wildman–Crippen MR) is 152 cm³/mol. The van der Waals surface area contributed by atoms with Crippen LogP contribution >= 0.6 is 0 Å². The summed E-state index contributed by atoms with van der Waals surface area (Å²) in [6, 6.07) is 2.02. The van der Waals surface area contributed by atoms with Crippen LogP contribution in [0.15, 0.2) is 30.5 Å². The van der Waals surface area contributed by atoms with Crippen LogP contribution in [-0.2, 0) is 38.7 Å². The van der Waals surface area contributed by atoms with Crippen molar-refractivity contribution in [2.75, 3.05) is 23.0 Å². The Morgan fingerprint density at radius 1 is 0.830 bits per heavy atom. The Labute approximate surface area is 264 Å². The van der Waals surface area contributed by atoms with Crippen molar-refractivity contribution in [3.8, 4) is 0 Å².